The molecule has 0 unspecified atom stereocenters. The Kier molecular flexibility index (Phi) is 3.99. The monoisotopic (exact) mass is 271 g/mol. The lowest BCUT2D eigenvalue weighted by Gasteiger charge is -2.15. The molecule has 1 saturated heterocycles. The van der Waals surface area contributed by atoms with Crippen molar-refractivity contribution < 1.29 is 21.9 Å². The van der Waals surface area contributed by atoms with Crippen LogP contribution in [0.1, 0.15) is 13.8 Å². The highest BCUT2D eigenvalue weighted by Gasteiger charge is 2.44. The highest BCUT2D eigenvalue weighted by atomic mass is 32.2. The molecule has 16 heavy (non-hydrogen) atoms. The van der Waals surface area contributed by atoms with Crippen molar-refractivity contribution in [3.05, 3.63) is 0 Å². The molecule has 0 aromatic heterocycles. The van der Waals surface area contributed by atoms with Crippen molar-refractivity contribution in [3.8, 4) is 0 Å². The van der Waals surface area contributed by atoms with Gasteiger partial charge in [0.2, 0.25) is 10.0 Å². The summed E-state index contributed by atoms with van der Waals surface area (Å²) in [6.45, 7) is 3.92. The normalized spacial score (nSPS) is 29.8. The second-order valence-corrected chi connectivity index (χ2v) is 8.61. The van der Waals surface area contributed by atoms with Crippen LogP contribution in [0.3, 0.4) is 0 Å². The predicted molar refractivity (Wildman–Crippen MR) is 60.2 cm³/mol. The van der Waals surface area contributed by atoms with Crippen LogP contribution in [-0.2, 0) is 19.9 Å². The highest BCUT2D eigenvalue weighted by Crippen LogP contribution is 2.19. The third-order valence-corrected chi connectivity index (χ3v) is 6.14. The third-order valence-electron chi connectivity index (χ3n) is 2.36. The minimum atomic E-state index is -3.75. The molecule has 0 aliphatic carbocycles. The van der Waals surface area contributed by atoms with Crippen LogP contribution in [0.2, 0.25) is 0 Å². The fourth-order valence-corrected chi connectivity index (χ4v) is 5.84. The van der Waals surface area contributed by atoms with Crippen molar-refractivity contribution in [3.63, 3.8) is 0 Å². The van der Waals surface area contributed by atoms with Crippen LogP contribution in [-0.4, -0.2) is 51.3 Å². The topological polar surface area (TPSA) is 101 Å². The first kappa shape index (κ1) is 13.9. The van der Waals surface area contributed by atoms with E-state index in [0.717, 1.165) is 0 Å². The molecule has 1 fully saturated rings. The Morgan fingerprint density at radius 2 is 1.94 bits per heavy atom. The van der Waals surface area contributed by atoms with Crippen LogP contribution in [0.15, 0.2) is 0 Å². The van der Waals surface area contributed by atoms with Gasteiger partial charge in [0.1, 0.15) is 5.25 Å². The van der Waals surface area contributed by atoms with Crippen LogP contribution in [0, 0.1) is 5.92 Å². The van der Waals surface area contributed by atoms with Crippen molar-refractivity contribution in [2.45, 2.75) is 25.2 Å². The Hall–Kier alpha value is -0.180. The van der Waals surface area contributed by atoms with Gasteiger partial charge in [0, 0.05) is 6.54 Å². The molecule has 0 saturated carbocycles. The third kappa shape index (κ3) is 3.41. The Labute approximate surface area is 96.0 Å². The molecular weight excluding hydrogens is 254 g/mol. The van der Waals surface area contributed by atoms with Gasteiger partial charge in [-0.1, -0.05) is 13.8 Å². The maximum Gasteiger partial charge on any atom is 0.218 e. The number of rotatable bonds is 4. The molecule has 0 radical (unpaired) electrons. The van der Waals surface area contributed by atoms with E-state index < -0.39 is 42.7 Å². The molecule has 1 aliphatic rings. The summed E-state index contributed by atoms with van der Waals surface area (Å²) >= 11 is 0. The number of hydrogen-bond acceptors (Lipinski definition) is 5. The molecule has 8 heteroatoms. The zero-order chi connectivity index (χ0) is 12.6. The van der Waals surface area contributed by atoms with Gasteiger partial charge in [0.15, 0.2) is 9.84 Å². The van der Waals surface area contributed by atoms with E-state index in [1.54, 1.807) is 0 Å². The first-order valence-corrected chi connectivity index (χ1v) is 8.38. The standard InChI is InChI=1S/C8H17NO5S2/c1-6(2)3-9-16(13,14)8-5-15(11,12)4-7(8)10/h6-10H,3-5H2,1-2H3/t7-,8+/m0/s1. The summed E-state index contributed by atoms with van der Waals surface area (Å²) in [4.78, 5) is 0. The summed E-state index contributed by atoms with van der Waals surface area (Å²) in [5.41, 5.74) is 0. The fraction of sp³-hybridized carbons (Fsp3) is 1.00. The van der Waals surface area contributed by atoms with Crippen molar-refractivity contribution >= 4 is 19.9 Å². The molecule has 2 N–H and O–H groups in total. The number of aliphatic hydroxyl groups is 1. The van der Waals surface area contributed by atoms with Gasteiger partial charge in [-0.2, -0.15) is 0 Å². The van der Waals surface area contributed by atoms with Crippen LogP contribution >= 0.6 is 0 Å². The Balaban J connectivity index is 2.78. The fourth-order valence-electron chi connectivity index (χ4n) is 1.48. The quantitative estimate of drug-likeness (QED) is 0.663. The van der Waals surface area contributed by atoms with Gasteiger partial charge < -0.3 is 5.11 Å². The van der Waals surface area contributed by atoms with Crippen LogP contribution in [0.25, 0.3) is 0 Å². The first-order chi connectivity index (χ1) is 7.14. The largest absolute Gasteiger partial charge is 0.391 e. The number of nitrogens with one attached hydrogen (secondary N) is 1. The number of hydrogen-bond donors (Lipinski definition) is 2. The SMILES string of the molecule is CC(C)CNS(=O)(=O)[C@@H]1CS(=O)(=O)C[C@@H]1O. The van der Waals surface area contributed by atoms with Gasteiger partial charge in [-0.05, 0) is 5.92 Å². The van der Waals surface area contributed by atoms with Crippen molar-refractivity contribution in [2.24, 2.45) is 5.92 Å². The van der Waals surface area contributed by atoms with Gasteiger partial charge in [0.05, 0.1) is 17.6 Å². The zero-order valence-corrected chi connectivity index (χ0v) is 10.9. The highest BCUT2D eigenvalue weighted by molar-refractivity contribution is 7.95. The number of sulfonamides is 1. The van der Waals surface area contributed by atoms with E-state index in [1.165, 1.54) is 0 Å². The Morgan fingerprint density at radius 3 is 2.31 bits per heavy atom. The molecule has 0 spiro atoms. The first-order valence-electron chi connectivity index (χ1n) is 5.01. The summed E-state index contributed by atoms with van der Waals surface area (Å²) in [7, 11) is -7.19. The van der Waals surface area contributed by atoms with Gasteiger partial charge >= 0.3 is 0 Å². The zero-order valence-electron chi connectivity index (χ0n) is 9.25. The summed E-state index contributed by atoms with van der Waals surface area (Å²) in [6, 6.07) is 0. The minimum Gasteiger partial charge on any atom is -0.391 e. The number of sulfone groups is 1. The van der Waals surface area contributed by atoms with E-state index in [-0.39, 0.29) is 12.5 Å². The van der Waals surface area contributed by atoms with Crippen LogP contribution < -0.4 is 4.72 Å². The second kappa shape index (κ2) is 4.59. The van der Waals surface area contributed by atoms with E-state index in [4.69, 9.17) is 0 Å². The van der Waals surface area contributed by atoms with Gasteiger partial charge in [-0.3, -0.25) is 0 Å². The van der Waals surface area contributed by atoms with E-state index >= 15 is 0 Å². The lowest BCUT2D eigenvalue weighted by molar-refractivity contribution is 0.203. The molecule has 0 bridgehead atoms. The lowest BCUT2D eigenvalue weighted by atomic mass is 10.2. The molecule has 0 aromatic carbocycles. The van der Waals surface area contributed by atoms with E-state index in [1.807, 2.05) is 13.8 Å². The maximum atomic E-state index is 11.7. The average molecular weight is 271 g/mol. The molecule has 0 amide bonds. The van der Waals surface area contributed by atoms with Crippen molar-refractivity contribution in [1.29, 1.82) is 0 Å². The van der Waals surface area contributed by atoms with Gasteiger partial charge in [0.25, 0.3) is 0 Å². The summed E-state index contributed by atoms with van der Waals surface area (Å²) in [5, 5.41) is 8.19. The predicted octanol–water partition coefficient (Wildman–Crippen LogP) is -1.28. The van der Waals surface area contributed by atoms with E-state index in [9.17, 15) is 21.9 Å². The molecule has 1 heterocycles. The molecular formula is C8H17NO5S2. The van der Waals surface area contributed by atoms with Crippen LogP contribution in [0.4, 0.5) is 0 Å². The molecule has 6 nitrogen and oxygen atoms in total. The summed E-state index contributed by atoms with van der Waals surface area (Å²) in [6.07, 6.45) is -1.32. The second-order valence-electron chi connectivity index (χ2n) is 4.47. The number of aliphatic hydroxyl groups excluding tert-OH is 1. The lowest BCUT2D eigenvalue weighted by Crippen LogP contribution is -2.42. The summed E-state index contributed by atoms with van der Waals surface area (Å²) in [5.74, 6) is -0.841. The molecule has 2 atom stereocenters. The molecule has 1 rings (SSSR count). The summed E-state index contributed by atoms with van der Waals surface area (Å²) < 4.78 is 48.1. The molecule has 0 aromatic rings. The molecule has 96 valence electrons. The smallest absolute Gasteiger partial charge is 0.218 e. The Bertz CT molecular complexity index is 439. The Morgan fingerprint density at radius 1 is 1.38 bits per heavy atom. The average Bonchev–Trinajstić information content (AvgIpc) is 2.37. The van der Waals surface area contributed by atoms with Crippen molar-refractivity contribution in [2.75, 3.05) is 18.1 Å². The van der Waals surface area contributed by atoms with E-state index in [0.29, 0.717) is 0 Å². The van der Waals surface area contributed by atoms with Crippen molar-refractivity contribution in [1.82, 2.24) is 4.72 Å². The van der Waals surface area contributed by atoms with Crippen LogP contribution in [0.5, 0.6) is 0 Å². The maximum absolute atomic E-state index is 11.7. The van der Waals surface area contributed by atoms with Gasteiger partial charge in [-0.15, -0.1) is 0 Å². The minimum absolute atomic E-state index is 0.130. The van der Waals surface area contributed by atoms with Gasteiger partial charge in [-0.25, -0.2) is 21.6 Å². The molecule has 1 aliphatic heterocycles. The van der Waals surface area contributed by atoms with E-state index in [2.05, 4.69) is 4.72 Å².